The molecule has 3 aromatic carbocycles. The highest BCUT2D eigenvalue weighted by molar-refractivity contribution is 8.00. The molecule has 2 unspecified atom stereocenters. The zero-order chi connectivity index (χ0) is 27.9. The highest BCUT2D eigenvalue weighted by atomic mass is 32.2. The first kappa shape index (κ1) is 28.4. The number of hydrogen-bond donors (Lipinski definition) is 3. The Balaban J connectivity index is 1.51. The lowest BCUT2D eigenvalue weighted by Gasteiger charge is -2.28. The van der Waals surface area contributed by atoms with Gasteiger partial charge in [-0.3, -0.25) is 4.79 Å². The summed E-state index contributed by atoms with van der Waals surface area (Å²) in [5, 5.41) is 12.1. The number of H-pyrrole nitrogens is 1. The summed E-state index contributed by atoms with van der Waals surface area (Å²) in [7, 11) is 0. The minimum Gasteiger partial charge on any atom is -0.390 e. The molecule has 1 amide bonds. The first-order chi connectivity index (χ1) is 18.7. The third-order valence-electron chi connectivity index (χ3n) is 6.36. The van der Waals surface area contributed by atoms with Gasteiger partial charge in [-0.2, -0.15) is 4.98 Å². The quantitative estimate of drug-likeness (QED) is 0.193. The molecule has 1 aromatic heterocycles. The maximum Gasteiger partial charge on any atom is 0.346 e. The Morgan fingerprint density at radius 3 is 2.51 bits per heavy atom. The number of carbonyl (C=O) groups is 1. The molecule has 0 bridgehead atoms. The second-order valence-electron chi connectivity index (χ2n) is 9.34. The fourth-order valence-corrected chi connectivity index (χ4v) is 5.25. The van der Waals surface area contributed by atoms with Crippen molar-refractivity contribution in [3.05, 3.63) is 106 Å². The van der Waals surface area contributed by atoms with E-state index in [2.05, 4.69) is 9.97 Å². The van der Waals surface area contributed by atoms with Crippen LogP contribution < -0.4 is 11.4 Å². The van der Waals surface area contributed by atoms with Gasteiger partial charge in [0, 0.05) is 30.6 Å². The summed E-state index contributed by atoms with van der Waals surface area (Å²) in [4.78, 5) is 33.7. The molecule has 39 heavy (non-hydrogen) atoms. The van der Waals surface area contributed by atoms with Gasteiger partial charge in [0.25, 0.3) is 0 Å². The van der Waals surface area contributed by atoms with Crippen LogP contribution in [0.1, 0.15) is 23.6 Å². The number of thioether (sulfide) groups is 1. The Morgan fingerprint density at radius 2 is 1.77 bits per heavy atom. The van der Waals surface area contributed by atoms with Crippen molar-refractivity contribution in [2.24, 2.45) is 5.73 Å². The normalized spacial score (nSPS) is 12.8. The molecule has 0 aliphatic heterocycles. The molecule has 4 rings (SSSR count). The largest absolute Gasteiger partial charge is 0.390 e. The number of aliphatic hydroxyl groups excluding tert-OH is 1. The van der Waals surface area contributed by atoms with Gasteiger partial charge in [0.15, 0.2) is 0 Å². The van der Waals surface area contributed by atoms with Gasteiger partial charge in [-0.15, -0.1) is 0 Å². The predicted molar refractivity (Wildman–Crippen MR) is 148 cm³/mol. The van der Waals surface area contributed by atoms with Gasteiger partial charge in [0.05, 0.1) is 17.4 Å². The summed E-state index contributed by atoms with van der Waals surface area (Å²) < 4.78 is 27.2. The van der Waals surface area contributed by atoms with Crippen molar-refractivity contribution >= 4 is 28.6 Å². The van der Waals surface area contributed by atoms with E-state index in [1.54, 1.807) is 12.1 Å². The van der Waals surface area contributed by atoms with Crippen molar-refractivity contribution < 1.29 is 18.7 Å². The van der Waals surface area contributed by atoms with Crippen LogP contribution in [0.25, 0.3) is 10.9 Å². The van der Waals surface area contributed by atoms with Crippen molar-refractivity contribution in [3.63, 3.8) is 0 Å². The SMILES string of the molecule is CCc1cccc(CN(CC(O)C(N)Cc2cc(F)cc(F)c2)C(=O)CSc2nc(=O)[nH]c3ccccc23)c1. The second-order valence-corrected chi connectivity index (χ2v) is 10.3. The Morgan fingerprint density at radius 1 is 1.05 bits per heavy atom. The summed E-state index contributed by atoms with van der Waals surface area (Å²) >= 11 is 1.14. The van der Waals surface area contributed by atoms with E-state index < -0.39 is 29.5 Å². The Bertz CT molecular complexity index is 1490. The lowest BCUT2D eigenvalue weighted by atomic mass is 10.0. The van der Waals surface area contributed by atoms with Gasteiger partial charge >= 0.3 is 5.69 Å². The average molecular weight is 553 g/mol. The van der Waals surface area contributed by atoms with E-state index in [0.717, 1.165) is 40.8 Å². The van der Waals surface area contributed by atoms with Crippen LogP contribution in [0, 0.1) is 11.6 Å². The third kappa shape index (κ3) is 7.72. The van der Waals surface area contributed by atoms with Crippen LogP contribution in [-0.4, -0.2) is 50.3 Å². The summed E-state index contributed by atoms with van der Waals surface area (Å²) in [6, 6.07) is 17.3. The number of amides is 1. The number of hydrogen-bond acceptors (Lipinski definition) is 6. The molecular weight excluding hydrogens is 522 g/mol. The molecule has 0 fully saturated rings. The highest BCUT2D eigenvalue weighted by Crippen LogP contribution is 2.24. The first-order valence-electron chi connectivity index (χ1n) is 12.6. The van der Waals surface area contributed by atoms with Crippen LogP contribution >= 0.6 is 11.8 Å². The van der Waals surface area contributed by atoms with E-state index in [4.69, 9.17) is 5.73 Å². The number of para-hydroxylation sites is 1. The average Bonchev–Trinajstić information content (AvgIpc) is 2.90. The Labute approximate surface area is 229 Å². The predicted octanol–water partition coefficient (Wildman–Crippen LogP) is 3.82. The van der Waals surface area contributed by atoms with E-state index in [0.29, 0.717) is 16.1 Å². The summed E-state index contributed by atoms with van der Waals surface area (Å²) in [6.07, 6.45) is -0.296. The van der Waals surface area contributed by atoms with E-state index in [1.807, 2.05) is 43.3 Å². The van der Waals surface area contributed by atoms with Crippen LogP contribution in [0.4, 0.5) is 8.78 Å². The number of aromatic nitrogens is 2. The van der Waals surface area contributed by atoms with Crippen LogP contribution in [0.2, 0.25) is 0 Å². The molecule has 0 saturated carbocycles. The van der Waals surface area contributed by atoms with Crippen molar-refractivity contribution in [2.75, 3.05) is 12.3 Å². The fourth-order valence-electron chi connectivity index (χ4n) is 4.33. The molecule has 0 aliphatic rings. The fraction of sp³-hybridized carbons (Fsp3) is 0.276. The van der Waals surface area contributed by atoms with E-state index >= 15 is 0 Å². The number of nitrogens with zero attached hydrogens (tertiary/aromatic N) is 2. The zero-order valence-electron chi connectivity index (χ0n) is 21.4. The number of halogens is 2. The summed E-state index contributed by atoms with van der Waals surface area (Å²) in [5.74, 6) is -1.75. The van der Waals surface area contributed by atoms with Crippen LogP contribution in [0.3, 0.4) is 0 Å². The molecule has 10 heteroatoms. The van der Waals surface area contributed by atoms with Gasteiger partial charge in [0.2, 0.25) is 5.91 Å². The van der Waals surface area contributed by atoms with Gasteiger partial charge in [0.1, 0.15) is 16.7 Å². The maximum absolute atomic E-state index is 13.6. The van der Waals surface area contributed by atoms with E-state index in [-0.39, 0.29) is 31.2 Å². The molecule has 1 heterocycles. The second kappa shape index (κ2) is 13.0. The number of rotatable bonds is 11. The molecular formula is C29H30F2N4O3S. The number of fused-ring (bicyclic) bond motifs is 1. The molecule has 4 N–H and O–H groups in total. The molecule has 0 aliphatic carbocycles. The number of aromatic amines is 1. The van der Waals surface area contributed by atoms with Crippen molar-refractivity contribution in [1.82, 2.24) is 14.9 Å². The molecule has 7 nitrogen and oxygen atoms in total. The standard InChI is InChI=1S/C29H30F2N4O3S/c1-2-18-6-5-7-19(10-18)15-35(16-26(36)24(32)13-20-11-21(30)14-22(31)12-20)27(37)17-39-28-23-8-3-4-9-25(23)33-29(38)34-28/h3-12,14,24,26,36H,2,13,15-17,32H2,1H3,(H,33,34,38). The maximum atomic E-state index is 13.6. The monoisotopic (exact) mass is 552 g/mol. The summed E-state index contributed by atoms with van der Waals surface area (Å²) in [6.45, 7) is 2.18. The van der Waals surface area contributed by atoms with E-state index in [1.165, 1.54) is 17.0 Å². The van der Waals surface area contributed by atoms with Gasteiger partial charge in [-0.25, -0.2) is 13.6 Å². The molecule has 0 spiro atoms. The smallest absolute Gasteiger partial charge is 0.346 e. The number of nitrogens with two attached hydrogens (primary N) is 1. The van der Waals surface area contributed by atoms with Gasteiger partial charge in [-0.05, 0) is 47.7 Å². The molecule has 0 radical (unpaired) electrons. The van der Waals surface area contributed by atoms with Crippen LogP contribution in [0.5, 0.6) is 0 Å². The molecule has 4 aromatic rings. The molecule has 0 saturated heterocycles. The number of benzene rings is 3. The van der Waals surface area contributed by atoms with Crippen LogP contribution in [-0.2, 0) is 24.2 Å². The highest BCUT2D eigenvalue weighted by Gasteiger charge is 2.24. The minimum atomic E-state index is -1.15. The van der Waals surface area contributed by atoms with Crippen LogP contribution in [0.15, 0.2) is 76.6 Å². The third-order valence-corrected chi connectivity index (χ3v) is 7.33. The number of carbonyl (C=O) groups excluding carboxylic acids is 1. The van der Waals surface area contributed by atoms with Gasteiger partial charge < -0.3 is 20.7 Å². The Hall–Kier alpha value is -3.60. The lowest BCUT2D eigenvalue weighted by molar-refractivity contribution is -0.130. The number of nitrogens with one attached hydrogen (secondary N) is 1. The Kier molecular flexibility index (Phi) is 9.45. The summed E-state index contributed by atoms with van der Waals surface area (Å²) in [5.41, 5.74) is 8.62. The lowest BCUT2D eigenvalue weighted by Crippen LogP contribution is -2.46. The molecule has 2 atom stereocenters. The minimum absolute atomic E-state index is 0.0228. The topological polar surface area (TPSA) is 112 Å². The molecule has 204 valence electrons. The van der Waals surface area contributed by atoms with E-state index in [9.17, 15) is 23.5 Å². The number of aryl methyl sites for hydroxylation is 1. The van der Waals surface area contributed by atoms with Crippen molar-refractivity contribution in [3.8, 4) is 0 Å². The van der Waals surface area contributed by atoms with Crippen molar-refractivity contribution in [2.45, 2.75) is 43.5 Å². The van der Waals surface area contributed by atoms with Crippen molar-refractivity contribution in [1.29, 1.82) is 0 Å². The number of aliphatic hydroxyl groups is 1. The zero-order valence-corrected chi connectivity index (χ0v) is 22.3. The first-order valence-corrected chi connectivity index (χ1v) is 13.6. The van der Waals surface area contributed by atoms with Gasteiger partial charge in [-0.1, -0.05) is 61.2 Å².